The maximum atomic E-state index is 13.6. The molecule has 0 fully saturated rings. The first-order chi connectivity index (χ1) is 10.1. The summed E-state index contributed by atoms with van der Waals surface area (Å²) in [6.07, 6.45) is 0. The molecule has 0 saturated heterocycles. The highest BCUT2D eigenvalue weighted by atomic mass is 35.5. The molecule has 0 radical (unpaired) electrons. The molecule has 1 atom stereocenters. The highest BCUT2D eigenvalue weighted by Crippen LogP contribution is 2.36. The molecule has 3 aromatic rings. The summed E-state index contributed by atoms with van der Waals surface area (Å²) in [4.78, 5) is 0. The first-order valence-electron chi connectivity index (χ1n) is 6.39. The van der Waals surface area contributed by atoms with E-state index in [1.54, 1.807) is 18.4 Å². The van der Waals surface area contributed by atoms with Crippen LogP contribution in [0.3, 0.4) is 0 Å². The van der Waals surface area contributed by atoms with Gasteiger partial charge in [-0.15, -0.1) is 11.3 Å². The Balaban J connectivity index is 2.17. The van der Waals surface area contributed by atoms with Crippen LogP contribution in [-0.4, -0.2) is 7.05 Å². The van der Waals surface area contributed by atoms with Gasteiger partial charge in [-0.1, -0.05) is 29.8 Å². The maximum Gasteiger partial charge on any atom is 0.160 e. The monoisotopic (exact) mass is 323 g/mol. The van der Waals surface area contributed by atoms with Crippen LogP contribution in [0.25, 0.3) is 10.1 Å². The van der Waals surface area contributed by atoms with Gasteiger partial charge in [0.25, 0.3) is 0 Å². The van der Waals surface area contributed by atoms with E-state index in [-0.39, 0.29) is 11.1 Å². The van der Waals surface area contributed by atoms with Gasteiger partial charge in [0.2, 0.25) is 0 Å². The lowest BCUT2D eigenvalue weighted by Gasteiger charge is -2.18. The predicted molar refractivity (Wildman–Crippen MR) is 84.1 cm³/mol. The first kappa shape index (κ1) is 14.4. The van der Waals surface area contributed by atoms with E-state index < -0.39 is 11.6 Å². The standard InChI is InChI=1S/C16H12ClF2NS/c1-20-16(10-6-13(18)14(19)7-12(10)17)11-8-21-15-5-3-2-4-9(11)15/h2-8,16,20H,1H3. The van der Waals surface area contributed by atoms with E-state index in [0.717, 1.165) is 27.8 Å². The number of halogens is 3. The van der Waals surface area contributed by atoms with E-state index in [9.17, 15) is 8.78 Å². The van der Waals surface area contributed by atoms with E-state index >= 15 is 0 Å². The van der Waals surface area contributed by atoms with Crippen molar-refractivity contribution in [1.29, 1.82) is 0 Å². The van der Waals surface area contributed by atoms with Crippen LogP contribution in [0.2, 0.25) is 5.02 Å². The fraction of sp³-hybridized carbons (Fsp3) is 0.125. The minimum absolute atomic E-state index is 0.212. The van der Waals surface area contributed by atoms with Crippen LogP contribution < -0.4 is 5.32 Å². The van der Waals surface area contributed by atoms with Crippen molar-refractivity contribution in [2.75, 3.05) is 7.05 Å². The molecule has 2 aromatic carbocycles. The number of hydrogen-bond acceptors (Lipinski definition) is 2. The third-order valence-electron chi connectivity index (χ3n) is 3.46. The molecule has 1 nitrogen and oxygen atoms in total. The van der Waals surface area contributed by atoms with E-state index in [4.69, 9.17) is 11.6 Å². The Hall–Kier alpha value is -1.49. The molecule has 0 aliphatic rings. The lowest BCUT2D eigenvalue weighted by atomic mass is 9.98. The van der Waals surface area contributed by atoms with Crippen molar-refractivity contribution in [3.8, 4) is 0 Å². The van der Waals surface area contributed by atoms with Crippen LogP contribution >= 0.6 is 22.9 Å². The van der Waals surface area contributed by atoms with E-state index in [1.807, 2.05) is 29.6 Å². The minimum Gasteiger partial charge on any atom is -0.309 e. The van der Waals surface area contributed by atoms with Gasteiger partial charge in [-0.2, -0.15) is 0 Å². The average molecular weight is 324 g/mol. The van der Waals surface area contributed by atoms with Gasteiger partial charge < -0.3 is 5.32 Å². The van der Waals surface area contributed by atoms with E-state index in [2.05, 4.69) is 5.32 Å². The summed E-state index contributed by atoms with van der Waals surface area (Å²) in [6, 6.07) is 9.86. The minimum atomic E-state index is -0.936. The molecule has 0 amide bonds. The van der Waals surface area contributed by atoms with Gasteiger partial charge in [-0.25, -0.2) is 8.78 Å². The Labute approximate surface area is 130 Å². The zero-order valence-electron chi connectivity index (χ0n) is 11.2. The lowest BCUT2D eigenvalue weighted by Crippen LogP contribution is -2.18. The van der Waals surface area contributed by atoms with Crippen LogP contribution in [-0.2, 0) is 0 Å². The second-order valence-electron chi connectivity index (χ2n) is 4.70. The molecule has 1 aromatic heterocycles. The third-order valence-corrected chi connectivity index (χ3v) is 4.77. The number of benzene rings is 2. The van der Waals surface area contributed by atoms with Crippen molar-refractivity contribution in [2.45, 2.75) is 6.04 Å². The summed E-state index contributed by atoms with van der Waals surface area (Å²) in [5, 5.41) is 6.45. The molecule has 0 aliphatic carbocycles. The molecule has 1 unspecified atom stereocenters. The summed E-state index contributed by atoms with van der Waals surface area (Å²) < 4.78 is 27.9. The molecule has 1 heterocycles. The Morgan fingerprint density at radius 3 is 2.57 bits per heavy atom. The third kappa shape index (κ3) is 2.55. The van der Waals surface area contributed by atoms with Crippen molar-refractivity contribution in [1.82, 2.24) is 5.32 Å². The largest absolute Gasteiger partial charge is 0.309 e. The van der Waals surface area contributed by atoms with Crippen molar-refractivity contribution >= 4 is 33.0 Å². The Bertz CT molecular complexity index is 800. The summed E-state index contributed by atoms with van der Waals surface area (Å²) >= 11 is 7.71. The van der Waals surface area contributed by atoms with Gasteiger partial charge in [0.1, 0.15) is 0 Å². The van der Waals surface area contributed by atoms with Crippen LogP contribution in [0.15, 0.2) is 41.8 Å². The quantitative estimate of drug-likeness (QED) is 0.658. The molecule has 0 aliphatic heterocycles. The van der Waals surface area contributed by atoms with Crippen LogP contribution in [0.1, 0.15) is 17.2 Å². The highest BCUT2D eigenvalue weighted by Gasteiger charge is 2.20. The molecule has 0 saturated carbocycles. The van der Waals surface area contributed by atoms with Crippen LogP contribution in [0, 0.1) is 11.6 Å². The number of thiophene rings is 1. The SMILES string of the molecule is CNC(c1cc(F)c(F)cc1Cl)c1csc2ccccc12. The van der Waals surface area contributed by atoms with Crippen molar-refractivity contribution < 1.29 is 8.78 Å². The van der Waals surface area contributed by atoms with Gasteiger partial charge in [0, 0.05) is 9.72 Å². The molecule has 5 heteroatoms. The van der Waals surface area contributed by atoms with Crippen molar-refractivity contribution in [3.05, 3.63) is 69.6 Å². The van der Waals surface area contributed by atoms with Crippen molar-refractivity contribution in [3.63, 3.8) is 0 Å². The molecule has 0 bridgehead atoms. The number of fused-ring (bicyclic) bond motifs is 1. The van der Waals surface area contributed by atoms with Crippen LogP contribution in [0.5, 0.6) is 0 Å². The van der Waals surface area contributed by atoms with Gasteiger partial charge >= 0.3 is 0 Å². The number of hydrogen-bond donors (Lipinski definition) is 1. The van der Waals surface area contributed by atoms with Gasteiger partial charge in [0.15, 0.2) is 11.6 Å². The zero-order chi connectivity index (χ0) is 15.0. The second kappa shape index (κ2) is 5.72. The van der Waals surface area contributed by atoms with E-state index in [1.165, 1.54) is 0 Å². The van der Waals surface area contributed by atoms with Crippen LogP contribution in [0.4, 0.5) is 8.78 Å². The van der Waals surface area contributed by atoms with Gasteiger partial charge in [0.05, 0.1) is 6.04 Å². The predicted octanol–water partition coefficient (Wildman–Crippen LogP) is 5.14. The molecule has 0 spiro atoms. The van der Waals surface area contributed by atoms with Gasteiger partial charge in [-0.05, 0) is 47.1 Å². The first-order valence-corrected chi connectivity index (χ1v) is 7.65. The molecule has 3 rings (SSSR count). The smallest absolute Gasteiger partial charge is 0.160 e. The van der Waals surface area contributed by atoms with Crippen molar-refractivity contribution in [2.24, 2.45) is 0 Å². The second-order valence-corrected chi connectivity index (χ2v) is 6.02. The maximum absolute atomic E-state index is 13.6. The van der Waals surface area contributed by atoms with E-state index in [0.29, 0.717) is 5.56 Å². The Morgan fingerprint density at radius 1 is 1.10 bits per heavy atom. The summed E-state index contributed by atoms with van der Waals surface area (Å²) in [5.41, 5.74) is 1.53. The fourth-order valence-electron chi connectivity index (χ4n) is 2.46. The Morgan fingerprint density at radius 2 is 1.81 bits per heavy atom. The highest BCUT2D eigenvalue weighted by molar-refractivity contribution is 7.17. The summed E-state index contributed by atoms with van der Waals surface area (Å²) in [5.74, 6) is -1.83. The van der Waals surface area contributed by atoms with Gasteiger partial charge in [-0.3, -0.25) is 0 Å². The number of nitrogens with one attached hydrogen (secondary N) is 1. The zero-order valence-corrected chi connectivity index (χ0v) is 12.7. The number of rotatable bonds is 3. The lowest BCUT2D eigenvalue weighted by molar-refractivity contribution is 0.505. The molecule has 108 valence electrons. The topological polar surface area (TPSA) is 12.0 Å². The molecule has 1 N–H and O–H groups in total. The molecular weight excluding hydrogens is 312 g/mol. The fourth-order valence-corrected chi connectivity index (χ4v) is 3.71. The summed E-state index contributed by atoms with van der Waals surface area (Å²) in [6.45, 7) is 0. The normalized spacial score (nSPS) is 12.8. The summed E-state index contributed by atoms with van der Waals surface area (Å²) in [7, 11) is 1.77. The molecule has 21 heavy (non-hydrogen) atoms. The Kier molecular flexibility index (Phi) is 3.93. The average Bonchev–Trinajstić information content (AvgIpc) is 2.89. The molecular formula is C16H12ClF2NS.